The molecule has 0 aliphatic heterocycles. The smallest absolute Gasteiger partial charge is 0.253 e. The lowest BCUT2D eigenvalue weighted by atomic mass is 10.1. The SMILES string of the molecule is Cc1cc(C)c2c(c1)c1nc3ccccc3nc1n2Cc1nnc(COc2ccc(Cl)cc2)o1. The van der Waals surface area contributed by atoms with Crippen molar-refractivity contribution in [1.29, 1.82) is 0 Å². The zero-order chi connectivity index (χ0) is 23.2. The van der Waals surface area contributed by atoms with Crippen molar-refractivity contribution in [1.82, 2.24) is 24.7 Å². The zero-order valence-electron chi connectivity index (χ0n) is 18.6. The summed E-state index contributed by atoms with van der Waals surface area (Å²) in [6.45, 7) is 4.74. The molecule has 6 rings (SSSR count). The molecule has 0 spiro atoms. The minimum Gasteiger partial charge on any atom is -0.484 e. The van der Waals surface area contributed by atoms with Crippen molar-refractivity contribution in [3.63, 3.8) is 0 Å². The van der Waals surface area contributed by atoms with Gasteiger partial charge < -0.3 is 13.7 Å². The van der Waals surface area contributed by atoms with Gasteiger partial charge >= 0.3 is 0 Å². The molecule has 0 aliphatic rings. The Bertz CT molecular complexity index is 1670. The van der Waals surface area contributed by atoms with Crippen LogP contribution in [0.3, 0.4) is 0 Å². The van der Waals surface area contributed by atoms with Crippen LogP contribution in [0.25, 0.3) is 33.1 Å². The van der Waals surface area contributed by atoms with Gasteiger partial charge in [-0.05, 0) is 61.9 Å². The van der Waals surface area contributed by atoms with Crippen LogP contribution in [0.2, 0.25) is 5.02 Å². The summed E-state index contributed by atoms with van der Waals surface area (Å²) in [6, 6.07) is 19.4. The maximum atomic E-state index is 5.93. The van der Waals surface area contributed by atoms with Gasteiger partial charge in [-0.15, -0.1) is 10.2 Å². The van der Waals surface area contributed by atoms with Gasteiger partial charge in [0.2, 0.25) is 5.89 Å². The lowest BCUT2D eigenvalue weighted by Gasteiger charge is -2.07. The predicted molar refractivity (Wildman–Crippen MR) is 131 cm³/mol. The van der Waals surface area contributed by atoms with E-state index in [1.54, 1.807) is 24.3 Å². The van der Waals surface area contributed by atoms with Crippen LogP contribution < -0.4 is 4.74 Å². The van der Waals surface area contributed by atoms with Crippen LogP contribution in [0.5, 0.6) is 5.75 Å². The fourth-order valence-electron chi connectivity index (χ4n) is 4.34. The van der Waals surface area contributed by atoms with Crippen molar-refractivity contribution in [3.05, 3.63) is 88.6 Å². The standard InChI is InChI=1S/C26H20ClN5O2/c1-15-11-16(2)25-19(12-15)24-26(29-21-6-4-3-5-20(21)28-24)32(25)13-22-30-31-23(34-22)14-33-18-9-7-17(27)8-10-18/h3-12H,13-14H2,1-2H3. The highest BCUT2D eigenvalue weighted by molar-refractivity contribution is 6.30. The normalized spacial score (nSPS) is 11.6. The number of hydrogen-bond donors (Lipinski definition) is 0. The summed E-state index contributed by atoms with van der Waals surface area (Å²) < 4.78 is 13.7. The summed E-state index contributed by atoms with van der Waals surface area (Å²) in [7, 11) is 0. The molecule has 0 atom stereocenters. The number of para-hydroxylation sites is 2. The van der Waals surface area contributed by atoms with Crippen molar-refractivity contribution in [2.75, 3.05) is 0 Å². The highest BCUT2D eigenvalue weighted by Gasteiger charge is 2.19. The van der Waals surface area contributed by atoms with Crippen molar-refractivity contribution < 1.29 is 9.15 Å². The van der Waals surface area contributed by atoms with Gasteiger partial charge in [0.25, 0.3) is 5.89 Å². The third-order valence-corrected chi connectivity index (χ3v) is 6.01. The molecular weight excluding hydrogens is 450 g/mol. The Morgan fingerprint density at radius 1 is 0.912 bits per heavy atom. The van der Waals surface area contributed by atoms with Gasteiger partial charge in [-0.2, -0.15) is 0 Å². The Morgan fingerprint density at radius 3 is 2.44 bits per heavy atom. The molecule has 3 aromatic heterocycles. The van der Waals surface area contributed by atoms with E-state index >= 15 is 0 Å². The fraction of sp³-hybridized carbons (Fsp3) is 0.154. The molecule has 0 saturated heterocycles. The zero-order valence-corrected chi connectivity index (χ0v) is 19.4. The Morgan fingerprint density at radius 2 is 1.65 bits per heavy atom. The quantitative estimate of drug-likeness (QED) is 0.307. The first-order valence-corrected chi connectivity index (χ1v) is 11.3. The number of aromatic nitrogens is 5. The van der Waals surface area contributed by atoms with Crippen molar-refractivity contribution in [2.45, 2.75) is 27.0 Å². The molecule has 0 amide bonds. The molecule has 3 aromatic carbocycles. The average molecular weight is 470 g/mol. The van der Waals surface area contributed by atoms with Crippen LogP contribution in [0, 0.1) is 13.8 Å². The number of hydrogen-bond acceptors (Lipinski definition) is 6. The molecule has 3 heterocycles. The summed E-state index contributed by atoms with van der Waals surface area (Å²) in [6.07, 6.45) is 0. The number of rotatable bonds is 5. The monoisotopic (exact) mass is 469 g/mol. The van der Waals surface area contributed by atoms with Gasteiger partial charge in [0.05, 0.1) is 16.6 Å². The molecule has 6 aromatic rings. The summed E-state index contributed by atoms with van der Waals surface area (Å²) in [4.78, 5) is 9.89. The van der Waals surface area contributed by atoms with Crippen LogP contribution >= 0.6 is 11.6 Å². The third kappa shape index (κ3) is 3.64. The van der Waals surface area contributed by atoms with Crippen molar-refractivity contribution in [3.8, 4) is 5.75 Å². The number of ether oxygens (including phenoxy) is 1. The minimum atomic E-state index is 0.171. The van der Waals surface area contributed by atoms with E-state index in [0.29, 0.717) is 29.1 Å². The summed E-state index contributed by atoms with van der Waals surface area (Å²) in [5, 5.41) is 10.1. The first kappa shape index (κ1) is 20.6. The maximum Gasteiger partial charge on any atom is 0.253 e. The van der Waals surface area contributed by atoms with E-state index in [4.69, 9.17) is 30.7 Å². The second-order valence-electron chi connectivity index (χ2n) is 8.28. The van der Waals surface area contributed by atoms with Crippen molar-refractivity contribution in [2.24, 2.45) is 0 Å². The van der Waals surface area contributed by atoms with Crippen molar-refractivity contribution >= 4 is 44.7 Å². The highest BCUT2D eigenvalue weighted by atomic mass is 35.5. The average Bonchev–Trinajstić information content (AvgIpc) is 3.40. The molecule has 0 bridgehead atoms. The molecular formula is C26H20ClN5O2. The van der Waals surface area contributed by atoms with E-state index in [0.717, 1.165) is 38.7 Å². The van der Waals surface area contributed by atoms with Crippen LogP contribution in [-0.4, -0.2) is 24.7 Å². The third-order valence-electron chi connectivity index (χ3n) is 5.76. The Hall–Kier alpha value is -3.97. The lowest BCUT2D eigenvalue weighted by Crippen LogP contribution is -2.02. The van der Waals surface area contributed by atoms with Crippen LogP contribution in [0.1, 0.15) is 22.9 Å². The molecule has 0 unspecified atom stereocenters. The largest absolute Gasteiger partial charge is 0.484 e. The Kier molecular flexibility index (Phi) is 4.92. The van der Waals surface area contributed by atoms with E-state index in [-0.39, 0.29) is 6.61 Å². The molecule has 0 N–H and O–H groups in total. The number of benzene rings is 3. The highest BCUT2D eigenvalue weighted by Crippen LogP contribution is 2.32. The molecule has 8 heteroatoms. The van der Waals surface area contributed by atoms with Gasteiger partial charge in [0, 0.05) is 10.4 Å². The molecule has 0 radical (unpaired) electrons. The minimum absolute atomic E-state index is 0.171. The summed E-state index contributed by atoms with van der Waals surface area (Å²) in [5.41, 5.74) is 6.76. The van der Waals surface area contributed by atoms with E-state index in [1.165, 1.54) is 5.56 Å². The first-order chi connectivity index (χ1) is 16.5. The van der Waals surface area contributed by atoms with E-state index in [1.807, 2.05) is 24.3 Å². The van der Waals surface area contributed by atoms with Gasteiger partial charge in [-0.1, -0.05) is 35.4 Å². The Labute approximate surface area is 200 Å². The summed E-state index contributed by atoms with van der Waals surface area (Å²) in [5.74, 6) is 1.55. The molecule has 7 nitrogen and oxygen atoms in total. The maximum absolute atomic E-state index is 5.93. The van der Waals surface area contributed by atoms with E-state index in [2.05, 4.69) is 40.7 Å². The van der Waals surface area contributed by atoms with Crippen LogP contribution in [-0.2, 0) is 13.2 Å². The molecule has 0 aliphatic carbocycles. The summed E-state index contributed by atoms with van der Waals surface area (Å²) >= 11 is 5.93. The van der Waals surface area contributed by atoms with Gasteiger partial charge in [0.15, 0.2) is 12.3 Å². The van der Waals surface area contributed by atoms with Crippen LogP contribution in [0.4, 0.5) is 0 Å². The van der Waals surface area contributed by atoms with Gasteiger partial charge in [-0.3, -0.25) is 0 Å². The second-order valence-corrected chi connectivity index (χ2v) is 8.72. The first-order valence-electron chi connectivity index (χ1n) is 10.9. The predicted octanol–water partition coefficient (Wildman–Crippen LogP) is 6.02. The van der Waals surface area contributed by atoms with E-state index < -0.39 is 0 Å². The molecule has 0 fully saturated rings. The topological polar surface area (TPSA) is 78.9 Å². The molecule has 0 saturated carbocycles. The molecule has 168 valence electrons. The number of halogens is 1. The Balaban J connectivity index is 1.39. The fourth-order valence-corrected chi connectivity index (χ4v) is 4.47. The number of nitrogens with zero attached hydrogens (tertiary/aromatic N) is 5. The number of fused-ring (bicyclic) bond motifs is 4. The second kappa shape index (κ2) is 8.11. The van der Waals surface area contributed by atoms with E-state index in [9.17, 15) is 0 Å². The lowest BCUT2D eigenvalue weighted by molar-refractivity contribution is 0.258. The van der Waals surface area contributed by atoms with Gasteiger partial charge in [-0.25, -0.2) is 9.97 Å². The number of aryl methyl sites for hydroxylation is 2. The molecule has 34 heavy (non-hydrogen) atoms. The van der Waals surface area contributed by atoms with Gasteiger partial charge in [0.1, 0.15) is 17.8 Å². The van der Waals surface area contributed by atoms with Crippen LogP contribution in [0.15, 0.2) is 65.1 Å².